The Morgan fingerprint density at radius 2 is 2.09 bits per heavy atom. The quantitative estimate of drug-likeness (QED) is 0.685. The van der Waals surface area contributed by atoms with Gasteiger partial charge in [0.05, 0.1) is 10.7 Å². The van der Waals surface area contributed by atoms with Gasteiger partial charge in [0.1, 0.15) is 11.5 Å². The molecule has 116 valence electrons. The van der Waals surface area contributed by atoms with Crippen LogP contribution in [0.25, 0.3) is 22.5 Å². The predicted molar refractivity (Wildman–Crippen MR) is 88.9 cm³/mol. The molecule has 0 saturated carbocycles. The molecule has 0 radical (unpaired) electrons. The zero-order chi connectivity index (χ0) is 16.0. The van der Waals surface area contributed by atoms with E-state index in [1.165, 1.54) is 12.1 Å². The van der Waals surface area contributed by atoms with E-state index in [-0.39, 0.29) is 5.82 Å². The maximum Gasteiger partial charge on any atom is 0.124 e. The van der Waals surface area contributed by atoms with Gasteiger partial charge in [-0.25, -0.2) is 4.39 Å². The number of benzene rings is 1. The molecule has 4 rings (SSSR count). The zero-order valence-corrected chi connectivity index (χ0v) is 13.4. The van der Waals surface area contributed by atoms with Gasteiger partial charge >= 0.3 is 0 Å². The molecule has 0 atom stereocenters. The van der Waals surface area contributed by atoms with Crippen LogP contribution in [0.1, 0.15) is 17.8 Å². The second-order valence-corrected chi connectivity index (χ2v) is 6.19. The molecule has 0 bridgehead atoms. The minimum absolute atomic E-state index is 0.335. The minimum atomic E-state index is -0.335. The van der Waals surface area contributed by atoms with E-state index in [2.05, 4.69) is 4.98 Å². The van der Waals surface area contributed by atoms with Crippen molar-refractivity contribution in [3.8, 4) is 22.5 Å². The fourth-order valence-corrected chi connectivity index (χ4v) is 3.42. The van der Waals surface area contributed by atoms with E-state index < -0.39 is 0 Å². The van der Waals surface area contributed by atoms with Crippen molar-refractivity contribution in [2.75, 3.05) is 0 Å². The fourth-order valence-electron chi connectivity index (χ4n) is 3.16. The third-order valence-corrected chi connectivity index (χ3v) is 4.49. The van der Waals surface area contributed by atoms with Gasteiger partial charge in [-0.15, -0.1) is 0 Å². The van der Waals surface area contributed by atoms with E-state index in [0.29, 0.717) is 5.02 Å². The molecule has 3 aromatic rings. The summed E-state index contributed by atoms with van der Waals surface area (Å²) < 4.78 is 15.4. The van der Waals surface area contributed by atoms with Gasteiger partial charge in [0.15, 0.2) is 0 Å². The fraction of sp³-hybridized carbons (Fsp3) is 0.222. The maximum absolute atomic E-state index is 13.4. The summed E-state index contributed by atoms with van der Waals surface area (Å²) >= 11 is 6.32. The minimum Gasteiger partial charge on any atom is -0.268 e. The summed E-state index contributed by atoms with van der Waals surface area (Å²) in [5.41, 5.74) is 5.52. The molecule has 0 amide bonds. The smallest absolute Gasteiger partial charge is 0.124 e. The van der Waals surface area contributed by atoms with Gasteiger partial charge in [-0.3, -0.25) is 9.67 Å². The van der Waals surface area contributed by atoms with Crippen molar-refractivity contribution in [1.29, 1.82) is 0 Å². The average Bonchev–Trinajstić information content (AvgIpc) is 3.08. The second kappa shape index (κ2) is 5.46. The van der Waals surface area contributed by atoms with Crippen LogP contribution in [0.3, 0.4) is 0 Å². The van der Waals surface area contributed by atoms with Gasteiger partial charge in [0.25, 0.3) is 0 Å². The first-order valence-corrected chi connectivity index (χ1v) is 8.00. The third kappa shape index (κ3) is 2.43. The summed E-state index contributed by atoms with van der Waals surface area (Å²) in [6.45, 7) is 2.85. The Labute approximate surface area is 138 Å². The van der Waals surface area contributed by atoms with E-state index >= 15 is 0 Å². The number of hydrogen-bond acceptors (Lipinski definition) is 2. The Bertz CT molecular complexity index is 901. The molecule has 0 spiro atoms. The molecule has 2 aromatic heterocycles. The highest BCUT2D eigenvalue weighted by Crippen LogP contribution is 2.40. The van der Waals surface area contributed by atoms with E-state index in [4.69, 9.17) is 16.7 Å². The molecule has 5 heteroatoms. The lowest BCUT2D eigenvalue weighted by molar-refractivity contribution is 0.628. The van der Waals surface area contributed by atoms with Crippen LogP contribution in [0.5, 0.6) is 0 Å². The van der Waals surface area contributed by atoms with Crippen LogP contribution in [0.15, 0.2) is 36.4 Å². The molecule has 3 nitrogen and oxygen atoms in total. The van der Waals surface area contributed by atoms with Crippen molar-refractivity contribution in [2.45, 2.75) is 26.3 Å². The van der Waals surface area contributed by atoms with Crippen LogP contribution in [0.4, 0.5) is 4.39 Å². The predicted octanol–water partition coefficient (Wildman–Crippen LogP) is 4.66. The van der Waals surface area contributed by atoms with Gasteiger partial charge in [-0.05, 0) is 50.1 Å². The zero-order valence-electron chi connectivity index (χ0n) is 12.7. The lowest BCUT2D eigenvalue weighted by atomic mass is 9.99. The van der Waals surface area contributed by atoms with Gasteiger partial charge in [-0.1, -0.05) is 17.7 Å². The summed E-state index contributed by atoms with van der Waals surface area (Å²) in [5.74, 6) is -0.335. The summed E-state index contributed by atoms with van der Waals surface area (Å²) in [7, 11) is 0. The molecule has 0 aliphatic carbocycles. The number of aryl methyl sites for hydroxylation is 2. The Morgan fingerprint density at radius 1 is 1.22 bits per heavy atom. The molecule has 1 aromatic carbocycles. The normalized spacial score (nSPS) is 13.3. The van der Waals surface area contributed by atoms with E-state index in [9.17, 15) is 4.39 Å². The SMILES string of the molecule is Cc1cccc(-c2nn3c(c2-c2ccc(F)cc2Cl)CCC3)n1. The molecule has 23 heavy (non-hydrogen) atoms. The number of fused-ring (bicyclic) bond motifs is 1. The molecule has 0 saturated heterocycles. The van der Waals surface area contributed by atoms with Gasteiger partial charge in [-0.2, -0.15) is 5.10 Å². The number of aromatic nitrogens is 3. The van der Waals surface area contributed by atoms with Crippen molar-refractivity contribution >= 4 is 11.6 Å². The van der Waals surface area contributed by atoms with Gasteiger partial charge in [0.2, 0.25) is 0 Å². The van der Waals surface area contributed by atoms with E-state index in [1.54, 1.807) is 6.07 Å². The molecule has 0 N–H and O–H groups in total. The molecule has 3 heterocycles. The Balaban J connectivity index is 1.98. The summed E-state index contributed by atoms with van der Waals surface area (Å²) in [6, 6.07) is 10.4. The Morgan fingerprint density at radius 3 is 2.87 bits per heavy atom. The highest BCUT2D eigenvalue weighted by Gasteiger charge is 2.25. The molecular formula is C18H15ClFN3. The highest BCUT2D eigenvalue weighted by atomic mass is 35.5. The molecule has 0 fully saturated rings. The number of hydrogen-bond donors (Lipinski definition) is 0. The van der Waals surface area contributed by atoms with Crippen LogP contribution in [0, 0.1) is 12.7 Å². The van der Waals surface area contributed by atoms with Crippen LogP contribution in [-0.2, 0) is 13.0 Å². The molecule has 1 aliphatic rings. The molecular weight excluding hydrogens is 313 g/mol. The summed E-state index contributed by atoms with van der Waals surface area (Å²) in [6.07, 6.45) is 2.01. The Kier molecular flexibility index (Phi) is 3.42. The van der Waals surface area contributed by atoms with Gasteiger partial charge in [0, 0.05) is 29.1 Å². The van der Waals surface area contributed by atoms with E-state index in [1.807, 2.05) is 29.8 Å². The summed E-state index contributed by atoms with van der Waals surface area (Å²) in [5, 5.41) is 5.15. The first kappa shape index (κ1) is 14.4. The van der Waals surface area contributed by atoms with Crippen molar-refractivity contribution < 1.29 is 4.39 Å². The first-order valence-electron chi connectivity index (χ1n) is 7.62. The van der Waals surface area contributed by atoms with Crippen molar-refractivity contribution in [3.05, 3.63) is 58.6 Å². The number of pyridine rings is 1. The number of rotatable bonds is 2. The lowest BCUT2D eigenvalue weighted by Gasteiger charge is -2.08. The topological polar surface area (TPSA) is 30.7 Å². The lowest BCUT2D eigenvalue weighted by Crippen LogP contribution is -1.95. The van der Waals surface area contributed by atoms with Crippen LogP contribution in [0.2, 0.25) is 5.02 Å². The number of nitrogens with zero attached hydrogens (tertiary/aromatic N) is 3. The van der Waals surface area contributed by atoms with Crippen molar-refractivity contribution in [2.24, 2.45) is 0 Å². The summed E-state index contributed by atoms with van der Waals surface area (Å²) in [4.78, 5) is 4.60. The largest absolute Gasteiger partial charge is 0.268 e. The average molecular weight is 328 g/mol. The monoisotopic (exact) mass is 327 g/mol. The number of halogens is 2. The third-order valence-electron chi connectivity index (χ3n) is 4.17. The highest BCUT2D eigenvalue weighted by molar-refractivity contribution is 6.33. The van der Waals surface area contributed by atoms with Crippen LogP contribution >= 0.6 is 11.6 Å². The van der Waals surface area contributed by atoms with Crippen LogP contribution in [-0.4, -0.2) is 14.8 Å². The second-order valence-electron chi connectivity index (χ2n) is 5.79. The standard InChI is InChI=1S/C18H15ClFN3/c1-11-4-2-5-15(21-11)18-17(16-6-3-9-23(16)22-18)13-8-7-12(20)10-14(13)19/h2,4-5,7-8,10H,3,6,9H2,1H3. The van der Waals surface area contributed by atoms with Crippen molar-refractivity contribution in [3.63, 3.8) is 0 Å². The van der Waals surface area contributed by atoms with E-state index in [0.717, 1.165) is 53.3 Å². The van der Waals surface area contributed by atoms with Crippen molar-refractivity contribution in [1.82, 2.24) is 14.8 Å². The maximum atomic E-state index is 13.4. The first-order chi connectivity index (χ1) is 11.1. The van der Waals surface area contributed by atoms with Crippen LogP contribution < -0.4 is 0 Å². The molecule has 1 aliphatic heterocycles. The molecule has 0 unspecified atom stereocenters. The van der Waals surface area contributed by atoms with Gasteiger partial charge < -0.3 is 0 Å². The Hall–Kier alpha value is -2.20.